The van der Waals surface area contributed by atoms with Crippen molar-refractivity contribution < 1.29 is 0 Å². The van der Waals surface area contributed by atoms with Crippen LogP contribution in [0.4, 0.5) is 5.82 Å². The van der Waals surface area contributed by atoms with E-state index < -0.39 is 0 Å². The second-order valence-electron chi connectivity index (χ2n) is 5.84. The molecule has 0 amide bonds. The number of hydrogen-bond donors (Lipinski definition) is 0. The number of aryl methyl sites for hydroxylation is 1. The van der Waals surface area contributed by atoms with Gasteiger partial charge in [0.05, 0.1) is 17.4 Å². The first-order valence-corrected chi connectivity index (χ1v) is 7.37. The van der Waals surface area contributed by atoms with Gasteiger partial charge in [0, 0.05) is 24.4 Å². The molecule has 6 nitrogen and oxygen atoms in total. The summed E-state index contributed by atoms with van der Waals surface area (Å²) in [6.45, 7) is 7.36. The predicted octanol–water partition coefficient (Wildman–Crippen LogP) is 1.89. The number of aliphatic imine (C=N–C) groups is 1. The van der Waals surface area contributed by atoms with Crippen LogP contribution in [0.15, 0.2) is 17.4 Å². The van der Waals surface area contributed by atoms with Gasteiger partial charge in [0.15, 0.2) is 11.5 Å². The molecule has 0 bridgehead atoms. The van der Waals surface area contributed by atoms with Crippen LogP contribution in [-0.2, 0) is 0 Å². The minimum absolute atomic E-state index is 0.221. The molecule has 0 aromatic carbocycles. The van der Waals surface area contributed by atoms with E-state index in [9.17, 15) is 0 Å². The van der Waals surface area contributed by atoms with Crippen molar-refractivity contribution in [3.63, 3.8) is 0 Å². The fourth-order valence-electron chi connectivity index (χ4n) is 2.96. The molecule has 4 rings (SSSR count). The highest BCUT2D eigenvalue weighted by atomic mass is 15.3. The van der Waals surface area contributed by atoms with E-state index in [0.717, 1.165) is 35.0 Å². The van der Waals surface area contributed by atoms with Crippen molar-refractivity contribution in [1.29, 1.82) is 0 Å². The van der Waals surface area contributed by atoms with Gasteiger partial charge >= 0.3 is 0 Å². The monoisotopic (exact) mass is 282 g/mol. The van der Waals surface area contributed by atoms with Gasteiger partial charge in [-0.25, -0.2) is 14.5 Å². The molecule has 2 aromatic rings. The second-order valence-corrected chi connectivity index (χ2v) is 5.84. The molecule has 0 saturated carbocycles. The Morgan fingerprint density at radius 1 is 1.29 bits per heavy atom. The first-order chi connectivity index (χ1) is 10.1. The molecule has 2 aliphatic heterocycles. The minimum Gasteiger partial charge on any atom is -0.351 e. The average molecular weight is 282 g/mol. The summed E-state index contributed by atoms with van der Waals surface area (Å²) in [5.41, 5.74) is 3.87. The van der Waals surface area contributed by atoms with Gasteiger partial charge in [-0.05, 0) is 33.3 Å². The van der Waals surface area contributed by atoms with Gasteiger partial charge in [0.2, 0.25) is 0 Å². The van der Waals surface area contributed by atoms with Gasteiger partial charge in [0.1, 0.15) is 6.33 Å². The lowest BCUT2D eigenvalue weighted by atomic mass is 10.1. The molecule has 1 unspecified atom stereocenters. The molecular formula is C15H18N6. The predicted molar refractivity (Wildman–Crippen MR) is 82.9 cm³/mol. The zero-order valence-corrected chi connectivity index (χ0v) is 12.5. The van der Waals surface area contributed by atoms with E-state index in [0.29, 0.717) is 6.04 Å². The highest BCUT2D eigenvalue weighted by Gasteiger charge is 2.29. The van der Waals surface area contributed by atoms with E-state index in [2.05, 4.69) is 39.9 Å². The Balaban J connectivity index is 1.93. The van der Waals surface area contributed by atoms with Crippen LogP contribution in [-0.4, -0.2) is 44.4 Å². The third-order valence-electron chi connectivity index (χ3n) is 4.36. The van der Waals surface area contributed by atoms with Crippen molar-refractivity contribution in [3.8, 4) is 0 Å². The molecule has 1 saturated heterocycles. The van der Waals surface area contributed by atoms with Gasteiger partial charge in [0.25, 0.3) is 0 Å². The van der Waals surface area contributed by atoms with Crippen molar-refractivity contribution in [2.24, 2.45) is 4.99 Å². The fraction of sp³-hybridized carbons (Fsp3) is 0.467. The second kappa shape index (κ2) is 4.38. The number of hydrogen-bond acceptors (Lipinski definition) is 5. The van der Waals surface area contributed by atoms with Crippen LogP contribution in [0, 0.1) is 6.92 Å². The zero-order chi connectivity index (χ0) is 14.6. The topological polar surface area (TPSA) is 58.7 Å². The molecule has 21 heavy (non-hydrogen) atoms. The quantitative estimate of drug-likeness (QED) is 0.844. The first-order valence-electron chi connectivity index (χ1n) is 7.37. The van der Waals surface area contributed by atoms with Gasteiger partial charge in [-0.2, -0.15) is 5.10 Å². The van der Waals surface area contributed by atoms with Gasteiger partial charge in [-0.3, -0.25) is 4.99 Å². The van der Waals surface area contributed by atoms with E-state index in [1.54, 1.807) is 6.33 Å². The molecule has 2 atom stereocenters. The van der Waals surface area contributed by atoms with E-state index in [1.807, 2.05) is 17.7 Å². The molecule has 0 N–H and O–H groups in total. The van der Waals surface area contributed by atoms with Crippen LogP contribution < -0.4 is 4.90 Å². The normalized spacial score (nSPS) is 24.5. The molecule has 2 aromatic heterocycles. The van der Waals surface area contributed by atoms with Crippen LogP contribution in [0.5, 0.6) is 0 Å². The number of fused-ring (bicyclic) bond motifs is 1. The number of nitrogens with zero attached hydrogens (tertiary/aromatic N) is 6. The zero-order valence-electron chi connectivity index (χ0n) is 12.5. The Bertz CT molecular complexity index is 772. The lowest BCUT2D eigenvalue weighted by molar-refractivity contribution is 0.476. The van der Waals surface area contributed by atoms with Crippen LogP contribution in [0.3, 0.4) is 0 Å². The SMILES string of the molecule is Cc1c(C2=CC(C)N=C2)nc(N2CC[C@@H]2C)c2ncnn12. The molecule has 108 valence electrons. The molecular weight excluding hydrogens is 264 g/mol. The lowest BCUT2D eigenvalue weighted by Gasteiger charge is -2.39. The molecule has 1 fully saturated rings. The van der Waals surface area contributed by atoms with E-state index in [-0.39, 0.29) is 6.04 Å². The maximum absolute atomic E-state index is 4.90. The Morgan fingerprint density at radius 3 is 2.76 bits per heavy atom. The summed E-state index contributed by atoms with van der Waals surface area (Å²) in [6, 6.07) is 0.734. The van der Waals surface area contributed by atoms with Crippen molar-refractivity contribution in [3.05, 3.63) is 23.8 Å². The van der Waals surface area contributed by atoms with E-state index in [4.69, 9.17) is 4.98 Å². The molecule has 0 aliphatic carbocycles. The van der Waals surface area contributed by atoms with Crippen molar-refractivity contribution in [2.75, 3.05) is 11.4 Å². The van der Waals surface area contributed by atoms with Crippen LogP contribution in [0.1, 0.15) is 31.7 Å². The van der Waals surface area contributed by atoms with E-state index >= 15 is 0 Å². The van der Waals surface area contributed by atoms with Crippen molar-refractivity contribution in [2.45, 2.75) is 39.3 Å². The summed E-state index contributed by atoms with van der Waals surface area (Å²) in [5, 5.41) is 4.36. The maximum Gasteiger partial charge on any atom is 0.198 e. The third kappa shape index (κ3) is 1.78. The summed E-state index contributed by atoms with van der Waals surface area (Å²) < 4.78 is 1.89. The molecule has 2 aliphatic rings. The van der Waals surface area contributed by atoms with Crippen molar-refractivity contribution >= 4 is 23.3 Å². The van der Waals surface area contributed by atoms with Crippen LogP contribution in [0.25, 0.3) is 11.2 Å². The fourth-order valence-corrected chi connectivity index (χ4v) is 2.96. The minimum atomic E-state index is 0.221. The number of rotatable bonds is 2. The highest BCUT2D eigenvalue weighted by Crippen LogP contribution is 2.31. The maximum atomic E-state index is 4.90. The van der Waals surface area contributed by atoms with Crippen LogP contribution in [0.2, 0.25) is 0 Å². The Hall–Kier alpha value is -2.24. The largest absolute Gasteiger partial charge is 0.351 e. The van der Waals surface area contributed by atoms with Gasteiger partial charge in [-0.15, -0.1) is 0 Å². The number of aromatic nitrogens is 4. The Labute approximate surface area is 123 Å². The molecule has 0 spiro atoms. The number of anilines is 1. The molecule has 0 radical (unpaired) electrons. The molecule has 4 heterocycles. The van der Waals surface area contributed by atoms with Gasteiger partial charge < -0.3 is 4.90 Å². The summed E-state index contributed by atoms with van der Waals surface area (Å²) in [4.78, 5) is 16.0. The van der Waals surface area contributed by atoms with Gasteiger partial charge in [-0.1, -0.05) is 0 Å². The van der Waals surface area contributed by atoms with E-state index in [1.165, 1.54) is 6.42 Å². The lowest BCUT2D eigenvalue weighted by Crippen LogP contribution is -2.46. The highest BCUT2D eigenvalue weighted by molar-refractivity contribution is 6.11. The Kier molecular flexibility index (Phi) is 2.60. The standard InChI is InChI=1S/C15H18N6/c1-9-6-12(7-16-9)13-11(3)21-14(17-8-18-21)15(19-13)20-5-4-10(20)2/h6-10H,4-5H2,1-3H3/t9?,10-/m0/s1. The summed E-state index contributed by atoms with van der Waals surface area (Å²) >= 11 is 0. The number of allylic oxidation sites excluding steroid dienone is 1. The summed E-state index contributed by atoms with van der Waals surface area (Å²) in [5.74, 6) is 0.931. The van der Waals surface area contributed by atoms with Crippen LogP contribution >= 0.6 is 0 Å². The average Bonchev–Trinajstić information content (AvgIpc) is 3.09. The summed E-state index contributed by atoms with van der Waals surface area (Å²) in [7, 11) is 0. The summed E-state index contributed by atoms with van der Waals surface area (Å²) in [6.07, 6.45) is 6.85. The molecule has 6 heteroatoms. The first kappa shape index (κ1) is 12.5. The Morgan fingerprint density at radius 2 is 2.14 bits per heavy atom. The smallest absolute Gasteiger partial charge is 0.198 e. The van der Waals surface area contributed by atoms with Crippen molar-refractivity contribution in [1.82, 2.24) is 19.6 Å². The third-order valence-corrected chi connectivity index (χ3v) is 4.36.